The summed E-state index contributed by atoms with van der Waals surface area (Å²) < 4.78 is 0. The van der Waals surface area contributed by atoms with Crippen LogP contribution >= 0.6 is 0 Å². The van der Waals surface area contributed by atoms with Gasteiger partial charge in [-0.25, -0.2) is 0 Å². The first-order valence-electron chi connectivity index (χ1n) is 6.19. The number of oxime groups is 2. The van der Waals surface area contributed by atoms with E-state index in [1.807, 2.05) is 25.1 Å². The van der Waals surface area contributed by atoms with Gasteiger partial charge in [0.25, 0.3) is 0 Å². The predicted octanol–water partition coefficient (Wildman–Crippen LogP) is 3.03. The van der Waals surface area contributed by atoms with Crippen LogP contribution in [0.4, 0.5) is 0 Å². The predicted molar refractivity (Wildman–Crippen MR) is 71.2 cm³/mol. The molecule has 0 amide bonds. The van der Waals surface area contributed by atoms with E-state index in [0.29, 0.717) is 18.1 Å². The van der Waals surface area contributed by atoms with Crippen LogP contribution in [0.25, 0.3) is 0 Å². The van der Waals surface area contributed by atoms with E-state index < -0.39 is 0 Å². The monoisotopic (exact) mass is 246 g/mol. The summed E-state index contributed by atoms with van der Waals surface area (Å²) in [7, 11) is 1.51. The molecule has 0 bridgehead atoms. The van der Waals surface area contributed by atoms with Gasteiger partial charge in [0.05, 0.1) is 0 Å². The van der Waals surface area contributed by atoms with Gasteiger partial charge in [-0.3, -0.25) is 0 Å². The highest BCUT2D eigenvalue weighted by Crippen LogP contribution is 2.48. The van der Waals surface area contributed by atoms with E-state index in [2.05, 4.69) is 22.4 Å². The van der Waals surface area contributed by atoms with E-state index in [-0.39, 0.29) is 5.92 Å². The summed E-state index contributed by atoms with van der Waals surface area (Å²) in [6.07, 6.45) is 1.71. The SMILES string of the molecule is CCC(=NOC)C(=NO)C1CC1c1ccccc1. The second-order valence-electron chi connectivity index (χ2n) is 4.42. The van der Waals surface area contributed by atoms with Gasteiger partial charge in [0.15, 0.2) is 0 Å². The van der Waals surface area contributed by atoms with Crippen LogP contribution in [0.15, 0.2) is 40.6 Å². The summed E-state index contributed by atoms with van der Waals surface area (Å²) in [5.74, 6) is 0.692. The highest BCUT2D eigenvalue weighted by molar-refractivity contribution is 6.43. The molecule has 0 heterocycles. The second-order valence-corrected chi connectivity index (χ2v) is 4.42. The molecule has 2 rings (SSSR count). The first-order chi connectivity index (χ1) is 8.81. The molecule has 1 fully saturated rings. The number of hydrogen-bond acceptors (Lipinski definition) is 4. The number of nitrogens with zero attached hydrogens (tertiary/aromatic N) is 2. The highest BCUT2D eigenvalue weighted by atomic mass is 16.6. The summed E-state index contributed by atoms with van der Waals surface area (Å²) in [6, 6.07) is 10.3. The maximum atomic E-state index is 9.18. The zero-order valence-electron chi connectivity index (χ0n) is 10.7. The molecule has 0 spiro atoms. The summed E-state index contributed by atoms with van der Waals surface area (Å²) >= 11 is 0. The Morgan fingerprint density at radius 2 is 2.11 bits per heavy atom. The smallest absolute Gasteiger partial charge is 0.108 e. The lowest BCUT2D eigenvalue weighted by Crippen LogP contribution is -2.17. The summed E-state index contributed by atoms with van der Waals surface area (Å²) in [6.45, 7) is 1.98. The summed E-state index contributed by atoms with van der Waals surface area (Å²) in [5, 5.41) is 16.5. The molecule has 96 valence electrons. The van der Waals surface area contributed by atoms with Crippen molar-refractivity contribution in [1.29, 1.82) is 0 Å². The van der Waals surface area contributed by atoms with Crippen molar-refractivity contribution in [3.63, 3.8) is 0 Å². The molecule has 1 aliphatic carbocycles. The second kappa shape index (κ2) is 5.67. The minimum absolute atomic E-state index is 0.256. The minimum Gasteiger partial charge on any atom is -0.411 e. The molecular weight excluding hydrogens is 228 g/mol. The lowest BCUT2D eigenvalue weighted by molar-refractivity contribution is 0.213. The lowest BCUT2D eigenvalue weighted by Gasteiger charge is -2.05. The molecule has 1 aromatic rings. The molecule has 2 unspecified atom stereocenters. The molecule has 1 aromatic carbocycles. The van der Waals surface area contributed by atoms with Gasteiger partial charge in [-0.2, -0.15) is 0 Å². The van der Waals surface area contributed by atoms with Gasteiger partial charge in [0, 0.05) is 5.92 Å². The van der Waals surface area contributed by atoms with Gasteiger partial charge in [0.1, 0.15) is 18.5 Å². The molecule has 1 saturated carbocycles. The molecule has 0 radical (unpaired) electrons. The summed E-state index contributed by atoms with van der Waals surface area (Å²) in [4.78, 5) is 4.79. The largest absolute Gasteiger partial charge is 0.411 e. The van der Waals surface area contributed by atoms with E-state index in [1.165, 1.54) is 12.7 Å². The molecule has 4 nitrogen and oxygen atoms in total. The molecule has 0 aliphatic heterocycles. The van der Waals surface area contributed by atoms with Gasteiger partial charge in [-0.15, -0.1) is 0 Å². The molecule has 4 heteroatoms. The Morgan fingerprint density at radius 3 is 2.67 bits per heavy atom. The Morgan fingerprint density at radius 1 is 1.39 bits per heavy atom. The first kappa shape index (κ1) is 12.6. The van der Waals surface area contributed by atoms with Crippen molar-refractivity contribution in [1.82, 2.24) is 0 Å². The molecule has 18 heavy (non-hydrogen) atoms. The fourth-order valence-corrected chi connectivity index (χ4v) is 2.31. The van der Waals surface area contributed by atoms with Crippen molar-refractivity contribution in [3.8, 4) is 0 Å². The average molecular weight is 246 g/mol. The Labute approximate surface area is 107 Å². The van der Waals surface area contributed by atoms with Crippen molar-refractivity contribution in [2.45, 2.75) is 25.7 Å². The Hall–Kier alpha value is -1.84. The van der Waals surface area contributed by atoms with Crippen molar-refractivity contribution in [3.05, 3.63) is 35.9 Å². The minimum atomic E-state index is 0.256. The zero-order valence-corrected chi connectivity index (χ0v) is 10.7. The van der Waals surface area contributed by atoms with Crippen molar-refractivity contribution >= 4 is 11.4 Å². The Kier molecular flexibility index (Phi) is 3.97. The molecule has 1 aliphatic rings. The van der Waals surface area contributed by atoms with Gasteiger partial charge in [0.2, 0.25) is 0 Å². The molecule has 0 saturated heterocycles. The number of hydrogen-bond donors (Lipinski definition) is 1. The van der Waals surface area contributed by atoms with Gasteiger partial charge < -0.3 is 10.0 Å². The molecular formula is C14H18N2O2. The quantitative estimate of drug-likeness (QED) is 0.493. The van der Waals surface area contributed by atoms with Crippen molar-refractivity contribution < 1.29 is 10.0 Å². The van der Waals surface area contributed by atoms with Crippen LogP contribution in [0.1, 0.15) is 31.2 Å². The fourth-order valence-electron chi connectivity index (χ4n) is 2.31. The van der Waals surface area contributed by atoms with Crippen LogP contribution in [-0.2, 0) is 4.84 Å². The Bertz CT molecular complexity index is 454. The topological polar surface area (TPSA) is 54.2 Å². The van der Waals surface area contributed by atoms with Crippen LogP contribution in [0.2, 0.25) is 0 Å². The number of benzene rings is 1. The average Bonchev–Trinajstić information content (AvgIpc) is 3.20. The molecule has 0 aromatic heterocycles. The van der Waals surface area contributed by atoms with Crippen LogP contribution in [0, 0.1) is 5.92 Å². The lowest BCUT2D eigenvalue weighted by atomic mass is 10.0. The third-order valence-electron chi connectivity index (χ3n) is 3.31. The number of rotatable bonds is 5. The molecule has 2 atom stereocenters. The maximum Gasteiger partial charge on any atom is 0.108 e. The standard InChI is InChI=1S/C14H18N2O2/c1-3-13(16-18-2)14(15-17)12-9-11(12)10-7-5-4-6-8-10/h4-8,11-12,17H,3,9H2,1-2H3. The summed E-state index contributed by atoms with van der Waals surface area (Å²) in [5.41, 5.74) is 2.67. The normalized spacial score (nSPS) is 23.9. The fraction of sp³-hybridized carbons (Fsp3) is 0.429. The highest BCUT2D eigenvalue weighted by Gasteiger charge is 2.43. The van der Waals surface area contributed by atoms with E-state index in [4.69, 9.17) is 4.84 Å². The van der Waals surface area contributed by atoms with E-state index >= 15 is 0 Å². The van der Waals surface area contributed by atoms with Crippen molar-refractivity contribution in [2.75, 3.05) is 7.11 Å². The van der Waals surface area contributed by atoms with Gasteiger partial charge in [-0.1, -0.05) is 47.6 Å². The van der Waals surface area contributed by atoms with Crippen LogP contribution < -0.4 is 0 Å². The van der Waals surface area contributed by atoms with E-state index in [9.17, 15) is 5.21 Å². The maximum absolute atomic E-state index is 9.18. The van der Waals surface area contributed by atoms with Crippen molar-refractivity contribution in [2.24, 2.45) is 16.2 Å². The van der Waals surface area contributed by atoms with Crippen LogP contribution in [0.3, 0.4) is 0 Å². The zero-order chi connectivity index (χ0) is 13.0. The molecule has 1 N–H and O–H groups in total. The third kappa shape index (κ3) is 2.53. The van der Waals surface area contributed by atoms with Gasteiger partial charge in [-0.05, 0) is 24.3 Å². The van der Waals surface area contributed by atoms with Crippen LogP contribution in [-0.4, -0.2) is 23.7 Å². The van der Waals surface area contributed by atoms with E-state index in [0.717, 1.165) is 12.1 Å². The van der Waals surface area contributed by atoms with Crippen LogP contribution in [0.5, 0.6) is 0 Å². The van der Waals surface area contributed by atoms with Gasteiger partial charge >= 0.3 is 0 Å². The first-order valence-corrected chi connectivity index (χ1v) is 6.19. The third-order valence-corrected chi connectivity index (χ3v) is 3.31. The Balaban J connectivity index is 2.12. The van der Waals surface area contributed by atoms with E-state index in [1.54, 1.807) is 0 Å².